The number of aryl methyl sites for hydroxylation is 1. The fourth-order valence-corrected chi connectivity index (χ4v) is 3.32. The van der Waals surface area contributed by atoms with E-state index >= 15 is 0 Å². The minimum absolute atomic E-state index is 0.387. The standard InChI is InChI=1S/C27H30N4O4/c1-7-20-12-14-21(15-13-20)23(24(32)30-22-11-9-8-10-18(22)2)31(17-16-28)25(33)19(3)29-26(34)35-27(4,5)6/h1,8-15,19,23H,17H2,2-6H3,(H,29,34)(H,30,32). The van der Waals surface area contributed by atoms with Gasteiger partial charge in [-0.15, -0.1) is 6.42 Å². The minimum atomic E-state index is -1.16. The molecule has 0 saturated heterocycles. The summed E-state index contributed by atoms with van der Waals surface area (Å²) in [5.74, 6) is 1.38. The van der Waals surface area contributed by atoms with Gasteiger partial charge in [-0.25, -0.2) is 4.79 Å². The van der Waals surface area contributed by atoms with Crippen LogP contribution in [0.15, 0.2) is 48.5 Å². The van der Waals surface area contributed by atoms with Gasteiger partial charge in [-0.1, -0.05) is 36.3 Å². The quantitative estimate of drug-likeness (QED) is 0.467. The Labute approximate surface area is 206 Å². The van der Waals surface area contributed by atoms with Gasteiger partial charge in [-0.2, -0.15) is 5.26 Å². The normalized spacial score (nSPS) is 12.3. The van der Waals surface area contributed by atoms with Crippen LogP contribution in [0.4, 0.5) is 10.5 Å². The maximum absolute atomic E-state index is 13.5. The van der Waals surface area contributed by atoms with Crippen LogP contribution in [-0.4, -0.2) is 41.0 Å². The second-order valence-corrected chi connectivity index (χ2v) is 8.97. The fraction of sp³-hybridized carbons (Fsp3) is 0.333. The number of para-hydroxylation sites is 1. The lowest BCUT2D eigenvalue weighted by molar-refractivity contribution is -0.139. The van der Waals surface area contributed by atoms with Crippen molar-refractivity contribution in [3.63, 3.8) is 0 Å². The molecule has 0 aliphatic heterocycles. The van der Waals surface area contributed by atoms with Crippen LogP contribution in [0.1, 0.15) is 50.4 Å². The van der Waals surface area contributed by atoms with Crippen LogP contribution in [0.25, 0.3) is 0 Å². The van der Waals surface area contributed by atoms with Crippen molar-refractivity contribution in [2.45, 2.75) is 52.3 Å². The first-order chi connectivity index (χ1) is 16.5. The SMILES string of the molecule is C#Cc1ccc(C(C(=O)Nc2ccccc2C)N(CC#N)C(=O)C(C)NC(=O)OC(C)(C)C)cc1. The Balaban J connectivity index is 2.43. The van der Waals surface area contributed by atoms with Crippen molar-refractivity contribution in [1.29, 1.82) is 5.26 Å². The molecular weight excluding hydrogens is 444 g/mol. The number of terminal acetylenes is 1. The molecule has 0 aliphatic rings. The maximum Gasteiger partial charge on any atom is 0.408 e. The Morgan fingerprint density at radius 1 is 1.11 bits per heavy atom. The lowest BCUT2D eigenvalue weighted by atomic mass is 10.0. The number of amides is 3. The van der Waals surface area contributed by atoms with E-state index in [-0.39, 0.29) is 6.54 Å². The Kier molecular flexibility index (Phi) is 9.02. The van der Waals surface area contributed by atoms with Crippen LogP contribution in [0.5, 0.6) is 0 Å². The number of carbonyl (C=O) groups is 3. The molecule has 0 fully saturated rings. The van der Waals surface area contributed by atoms with Gasteiger partial charge in [0.25, 0.3) is 5.91 Å². The van der Waals surface area contributed by atoms with Gasteiger partial charge in [-0.05, 0) is 63.9 Å². The van der Waals surface area contributed by atoms with E-state index in [2.05, 4.69) is 16.6 Å². The van der Waals surface area contributed by atoms with Crippen LogP contribution in [0.3, 0.4) is 0 Å². The molecule has 3 amide bonds. The second kappa shape index (κ2) is 11.7. The highest BCUT2D eigenvalue weighted by Gasteiger charge is 2.35. The molecular formula is C27H30N4O4. The maximum atomic E-state index is 13.5. The van der Waals surface area contributed by atoms with Gasteiger partial charge in [0.2, 0.25) is 5.91 Å². The number of rotatable bonds is 7. The number of ether oxygens (including phenoxy) is 1. The molecule has 0 spiro atoms. The van der Waals surface area contributed by atoms with E-state index in [0.29, 0.717) is 16.8 Å². The van der Waals surface area contributed by atoms with E-state index in [9.17, 15) is 19.6 Å². The summed E-state index contributed by atoms with van der Waals surface area (Å²) in [6, 6.07) is 13.5. The average molecular weight is 475 g/mol. The molecule has 8 nitrogen and oxygen atoms in total. The molecule has 182 valence electrons. The molecule has 2 aromatic rings. The second-order valence-electron chi connectivity index (χ2n) is 8.97. The average Bonchev–Trinajstić information content (AvgIpc) is 2.79. The molecule has 2 rings (SSSR count). The van der Waals surface area contributed by atoms with Crippen LogP contribution in [0.2, 0.25) is 0 Å². The number of alkyl carbamates (subject to hydrolysis) is 1. The van der Waals surface area contributed by atoms with Crippen molar-refractivity contribution in [2.75, 3.05) is 11.9 Å². The van der Waals surface area contributed by atoms with Crippen LogP contribution < -0.4 is 10.6 Å². The molecule has 2 aromatic carbocycles. The minimum Gasteiger partial charge on any atom is -0.444 e. The largest absolute Gasteiger partial charge is 0.444 e. The molecule has 0 heterocycles. The zero-order valence-corrected chi connectivity index (χ0v) is 20.6. The van der Waals surface area contributed by atoms with Gasteiger partial charge in [0.05, 0.1) is 6.07 Å². The summed E-state index contributed by atoms with van der Waals surface area (Å²) in [6.45, 7) is 8.03. The van der Waals surface area contributed by atoms with E-state index in [1.165, 1.54) is 6.92 Å². The van der Waals surface area contributed by atoms with Gasteiger partial charge in [0.1, 0.15) is 24.2 Å². The van der Waals surface area contributed by atoms with Gasteiger partial charge in [0, 0.05) is 11.3 Å². The zero-order valence-electron chi connectivity index (χ0n) is 20.6. The number of hydrogen-bond acceptors (Lipinski definition) is 5. The number of benzene rings is 2. The monoisotopic (exact) mass is 474 g/mol. The summed E-state index contributed by atoms with van der Waals surface area (Å²) >= 11 is 0. The van der Waals surface area contributed by atoms with Crippen molar-refractivity contribution in [1.82, 2.24) is 10.2 Å². The van der Waals surface area contributed by atoms with Gasteiger partial charge in [-0.3, -0.25) is 9.59 Å². The molecule has 0 bridgehead atoms. The first-order valence-corrected chi connectivity index (χ1v) is 11.1. The first kappa shape index (κ1) is 26.9. The summed E-state index contributed by atoms with van der Waals surface area (Å²) in [7, 11) is 0. The molecule has 2 N–H and O–H groups in total. The number of anilines is 1. The summed E-state index contributed by atoms with van der Waals surface area (Å²) in [6.07, 6.45) is 4.67. The van der Waals surface area contributed by atoms with Gasteiger partial charge in [0.15, 0.2) is 0 Å². The number of hydrogen-bond donors (Lipinski definition) is 2. The molecule has 0 saturated carbocycles. The third-order valence-corrected chi connectivity index (χ3v) is 4.98. The molecule has 2 atom stereocenters. The van der Waals surface area contributed by atoms with Crippen molar-refractivity contribution < 1.29 is 19.1 Å². The van der Waals surface area contributed by atoms with E-state index in [4.69, 9.17) is 11.2 Å². The van der Waals surface area contributed by atoms with E-state index in [1.54, 1.807) is 57.2 Å². The summed E-state index contributed by atoms with van der Waals surface area (Å²) in [4.78, 5) is 40.2. The van der Waals surface area contributed by atoms with E-state index in [0.717, 1.165) is 10.5 Å². The number of carbonyl (C=O) groups excluding carboxylic acids is 3. The Morgan fingerprint density at radius 3 is 2.29 bits per heavy atom. The Bertz CT molecular complexity index is 1150. The van der Waals surface area contributed by atoms with Gasteiger partial charge >= 0.3 is 6.09 Å². The van der Waals surface area contributed by atoms with Crippen LogP contribution in [-0.2, 0) is 14.3 Å². The summed E-state index contributed by atoms with van der Waals surface area (Å²) in [5, 5.41) is 14.8. The summed E-state index contributed by atoms with van der Waals surface area (Å²) < 4.78 is 5.22. The molecule has 0 radical (unpaired) electrons. The van der Waals surface area contributed by atoms with Crippen molar-refractivity contribution >= 4 is 23.6 Å². The predicted molar refractivity (Wildman–Crippen MR) is 133 cm³/mol. The first-order valence-electron chi connectivity index (χ1n) is 11.1. The molecule has 0 aliphatic carbocycles. The number of nitrogens with zero attached hydrogens (tertiary/aromatic N) is 2. The van der Waals surface area contributed by atoms with E-state index in [1.807, 2.05) is 25.1 Å². The van der Waals surface area contributed by atoms with Crippen molar-refractivity contribution in [3.05, 3.63) is 65.2 Å². The number of nitrogens with one attached hydrogen (secondary N) is 2. The smallest absolute Gasteiger partial charge is 0.408 e. The molecule has 35 heavy (non-hydrogen) atoms. The Morgan fingerprint density at radius 2 is 1.74 bits per heavy atom. The lowest BCUT2D eigenvalue weighted by Crippen LogP contribution is -2.51. The van der Waals surface area contributed by atoms with Crippen LogP contribution in [0, 0.1) is 30.6 Å². The van der Waals surface area contributed by atoms with E-state index < -0.39 is 35.6 Å². The topological polar surface area (TPSA) is 112 Å². The Hall–Kier alpha value is -4.30. The van der Waals surface area contributed by atoms with Crippen LogP contribution >= 0.6 is 0 Å². The van der Waals surface area contributed by atoms with Crippen molar-refractivity contribution in [3.8, 4) is 18.4 Å². The highest BCUT2D eigenvalue weighted by atomic mass is 16.6. The fourth-order valence-electron chi connectivity index (χ4n) is 3.32. The predicted octanol–water partition coefficient (Wildman–Crippen LogP) is 3.92. The highest BCUT2D eigenvalue weighted by Crippen LogP contribution is 2.25. The van der Waals surface area contributed by atoms with Gasteiger partial charge < -0.3 is 20.3 Å². The third-order valence-electron chi connectivity index (χ3n) is 4.98. The summed E-state index contributed by atoms with van der Waals surface area (Å²) in [5.41, 5.74) is 1.72. The van der Waals surface area contributed by atoms with Crippen molar-refractivity contribution in [2.24, 2.45) is 0 Å². The highest BCUT2D eigenvalue weighted by molar-refractivity contribution is 5.99. The molecule has 2 unspecified atom stereocenters. The third kappa shape index (κ3) is 7.62. The zero-order chi connectivity index (χ0) is 26.2. The molecule has 8 heteroatoms. The lowest BCUT2D eigenvalue weighted by Gasteiger charge is -2.32. The number of nitriles is 1. The molecule has 0 aromatic heterocycles.